The van der Waals surface area contributed by atoms with Gasteiger partial charge in [0.1, 0.15) is 5.75 Å². The lowest BCUT2D eigenvalue weighted by molar-refractivity contribution is -0.111. The van der Waals surface area contributed by atoms with Gasteiger partial charge in [0.2, 0.25) is 5.91 Å². The molecule has 0 unspecified atom stereocenters. The highest BCUT2D eigenvalue weighted by Gasteiger charge is 2.29. The van der Waals surface area contributed by atoms with Gasteiger partial charge in [-0.2, -0.15) is 0 Å². The van der Waals surface area contributed by atoms with Crippen molar-refractivity contribution in [1.29, 1.82) is 0 Å². The van der Waals surface area contributed by atoms with E-state index in [2.05, 4.69) is 26.6 Å². The maximum absolute atomic E-state index is 12.7. The molecule has 0 radical (unpaired) electrons. The topological polar surface area (TPSA) is 123 Å². The van der Waals surface area contributed by atoms with Gasteiger partial charge in [-0.1, -0.05) is 52.3 Å². The molecule has 188 valence electrons. The number of rotatable bonds is 10. The van der Waals surface area contributed by atoms with Crippen LogP contribution in [0.25, 0.3) is 0 Å². The van der Waals surface area contributed by atoms with E-state index in [9.17, 15) is 14.7 Å². The highest BCUT2D eigenvalue weighted by Crippen LogP contribution is 2.35. The average Bonchev–Trinajstić information content (AvgIpc) is 2.86. The van der Waals surface area contributed by atoms with E-state index in [0.717, 1.165) is 0 Å². The van der Waals surface area contributed by atoms with Gasteiger partial charge in [-0.15, -0.1) is 0 Å². The molecule has 5 N–H and O–H groups in total. The van der Waals surface area contributed by atoms with Crippen molar-refractivity contribution in [3.8, 4) is 5.75 Å². The summed E-state index contributed by atoms with van der Waals surface area (Å²) in [4.78, 5) is 24.9. The summed E-state index contributed by atoms with van der Waals surface area (Å²) in [7, 11) is 1.50. The molecule has 0 aromatic heterocycles. The second kappa shape index (κ2) is 13.3. The van der Waals surface area contributed by atoms with Crippen LogP contribution >= 0.6 is 15.9 Å². The number of nitrogens with two attached hydrogens (primary N) is 1. The summed E-state index contributed by atoms with van der Waals surface area (Å²) in [6.07, 6.45) is 1.75. The van der Waals surface area contributed by atoms with Gasteiger partial charge in [-0.25, -0.2) is 4.79 Å². The summed E-state index contributed by atoms with van der Waals surface area (Å²) < 4.78 is 12.1. The molecule has 0 heterocycles. The van der Waals surface area contributed by atoms with Gasteiger partial charge in [0.25, 0.3) is 0 Å². The Labute approximate surface area is 218 Å². The number of hydrogen-bond donors (Lipinski definition) is 4. The lowest BCUT2D eigenvalue weighted by atomic mass is 9.99. The summed E-state index contributed by atoms with van der Waals surface area (Å²) in [5.41, 5.74) is 7.82. The van der Waals surface area contributed by atoms with Gasteiger partial charge in [0.05, 0.1) is 17.5 Å². The minimum Gasteiger partial charge on any atom is -0.508 e. The molecule has 0 aliphatic rings. The largest absolute Gasteiger partial charge is 0.508 e. The quantitative estimate of drug-likeness (QED) is 0.180. The molecule has 2 atom stereocenters. The molecule has 0 aliphatic heterocycles. The molecule has 0 fully saturated rings. The van der Waals surface area contributed by atoms with Gasteiger partial charge in [-0.05, 0) is 61.4 Å². The van der Waals surface area contributed by atoms with Crippen LogP contribution in [-0.4, -0.2) is 30.3 Å². The Kier molecular flexibility index (Phi) is 9.91. The molecule has 9 heteroatoms. The molecule has 8 nitrogen and oxygen atoms in total. The lowest BCUT2D eigenvalue weighted by Crippen LogP contribution is -2.28. The third-order valence-corrected chi connectivity index (χ3v) is 5.79. The van der Waals surface area contributed by atoms with Gasteiger partial charge in [0, 0.05) is 22.8 Å². The van der Waals surface area contributed by atoms with E-state index in [1.54, 1.807) is 66.7 Å². The molecule has 36 heavy (non-hydrogen) atoms. The van der Waals surface area contributed by atoms with Crippen LogP contribution < -0.4 is 16.4 Å². The van der Waals surface area contributed by atoms with E-state index < -0.39 is 18.3 Å². The van der Waals surface area contributed by atoms with Crippen molar-refractivity contribution in [2.45, 2.75) is 25.0 Å². The molecule has 0 saturated heterocycles. The number of phenols is 1. The Hall–Kier alpha value is -3.82. The molecule has 0 spiro atoms. The first-order valence-corrected chi connectivity index (χ1v) is 12.0. The van der Waals surface area contributed by atoms with Crippen LogP contribution in [0.4, 0.5) is 21.9 Å². The number of benzene rings is 3. The van der Waals surface area contributed by atoms with Crippen LogP contribution in [0.3, 0.4) is 0 Å². The van der Waals surface area contributed by atoms with Gasteiger partial charge < -0.3 is 25.6 Å². The molecule has 0 bridgehead atoms. The predicted octanol–water partition coefficient (Wildman–Crippen LogP) is 6.02. The zero-order valence-corrected chi connectivity index (χ0v) is 21.3. The number of allylic oxidation sites excluding steroid dienone is 1. The third-order valence-electron chi connectivity index (χ3n) is 5.30. The Morgan fingerprint density at radius 3 is 2.50 bits per heavy atom. The van der Waals surface area contributed by atoms with Crippen LogP contribution in [-0.2, 0) is 14.3 Å². The molecule has 3 aromatic rings. The summed E-state index contributed by atoms with van der Waals surface area (Å²) in [6.45, 7) is 0. The van der Waals surface area contributed by atoms with Crippen LogP contribution in [0.15, 0.2) is 89.4 Å². The second-order valence-corrected chi connectivity index (χ2v) is 8.77. The van der Waals surface area contributed by atoms with Crippen LogP contribution in [0.1, 0.15) is 24.5 Å². The standard InChI is InChI=1S/C27H28BrN3O5/c1-35-24(13-7-8-14-25(33)31-22-12-6-5-11-21(22)29)26(20-17-18(28)15-16-23(20)32)36-27(34)30-19-9-3-2-4-10-19/h2-6,8-12,14-17,24,26,32H,7,13,29H2,1H3,(H,30,34)(H,31,33)/b14-8+/t24-,26-/m0/s1. The van der Waals surface area contributed by atoms with Gasteiger partial charge >= 0.3 is 6.09 Å². The van der Waals surface area contributed by atoms with E-state index in [4.69, 9.17) is 15.2 Å². The number of phenolic OH excluding ortho intramolecular Hbond substituents is 1. The fourth-order valence-corrected chi connectivity index (χ4v) is 3.88. The Balaban J connectivity index is 1.69. The molecule has 0 saturated carbocycles. The van der Waals surface area contributed by atoms with E-state index in [-0.39, 0.29) is 11.7 Å². The number of halogens is 1. The number of carbonyl (C=O) groups excluding carboxylic acids is 2. The summed E-state index contributed by atoms with van der Waals surface area (Å²) in [6, 6.07) is 20.7. The Morgan fingerprint density at radius 2 is 1.78 bits per heavy atom. The SMILES string of the molecule is CO[C@@H](CC/C=C/C(=O)Nc1ccccc1N)[C@@H](OC(=O)Nc1ccccc1)c1cc(Br)ccc1O. The fourth-order valence-electron chi connectivity index (χ4n) is 3.51. The molecule has 3 rings (SSSR count). The van der Waals surface area contributed by atoms with Gasteiger partial charge in [-0.3, -0.25) is 10.1 Å². The van der Waals surface area contributed by atoms with Crippen molar-refractivity contribution in [2.24, 2.45) is 0 Å². The number of aromatic hydroxyl groups is 1. The van der Waals surface area contributed by atoms with Gasteiger partial charge in [0.15, 0.2) is 6.10 Å². The first-order chi connectivity index (χ1) is 17.4. The smallest absolute Gasteiger partial charge is 0.412 e. The molecule has 2 amide bonds. The van der Waals surface area contributed by atoms with E-state index in [1.807, 2.05) is 6.07 Å². The fraction of sp³-hybridized carbons (Fsp3) is 0.185. The minimum atomic E-state index is -0.914. The number of carbonyl (C=O) groups is 2. The summed E-state index contributed by atoms with van der Waals surface area (Å²) >= 11 is 3.40. The zero-order chi connectivity index (χ0) is 25.9. The molecule has 0 aliphatic carbocycles. The van der Waals surface area contributed by atoms with Crippen LogP contribution in [0.5, 0.6) is 5.75 Å². The van der Waals surface area contributed by atoms with Crippen molar-refractivity contribution in [3.63, 3.8) is 0 Å². The van der Waals surface area contributed by atoms with Crippen molar-refractivity contribution in [2.75, 3.05) is 23.5 Å². The summed E-state index contributed by atoms with van der Waals surface area (Å²) in [5.74, 6) is -0.352. The number of hydrogen-bond acceptors (Lipinski definition) is 6. The Bertz CT molecular complexity index is 1200. The van der Waals surface area contributed by atoms with E-state index in [0.29, 0.717) is 39.9 Å². The summed E-state index contributed by atoms with van der Waals surface area (Å²) in [5, 5.41) is 15.9. The highest BCUT2D eigenvalue weighted by atomic mass is 79.9. The van der Waals surface area contributed by atoms with Crippen LogP contribution in [0, 0.1) is 0 Å². The predicted molar refractivity (Wildman–Crippen MR) is 144 cm³/mol. The van der Waals surface area contributed by atoms with E-state index >= 15 is 0 Å². The first kappa shape index (κ1) is 26.8. The lowest BCUT2D eigenvalue weighted by Gasteiger charge is -2.27. The molecular formula is C27H28BrN3O5. The number of nitrogen functional groups attached to an aromatic ring is 1. The number of anilines is 3. The first-order valence-electron chi connectivity index (χ1n) is 11.2. The van der Waals surface area contributed by atoms with Crippen molar-refractivity contribution in [3.05, 3.63) is 95.0 Å². The van der Waals surface area contributed by atoms with E-state index in [1.165, 1.54) is 19.3 Å². The van der Waals surface area contributed by atoms with Crippen molar-refractivity contribution < 1.29 is 24.2 Å². The zero-order valence-electron chi connectivity index (χ0n) is 19.7. The molecular weight excluding hydrogens is 526 g/mol. The van der Waals surface area contributed by atoms with Crippen molar-refractivity contribution in [1.82, 2.24) is 0 Å². The second-order valence-electron chi connectivity index (χ2n) is 7.85. The highest BCUT2D eigenvalue weighted by molar-refractivity contribution is 9.10. The normalized spacial score (nSPS) is 12.6. The number of nitrogens with one attached hydrogen (secondary N) is 2. The average molecular weight is 554 g/mol. The third kappa shape index (κ3) is 7.86. The number of amides is 2. The maximum Gasteiger partial charge on any atom is 0.412 e. The monoisotopic (exact) mass is 553 g/mol. The number of methoxy groups -OCH3 is 1. The van der Waals surface area contributed by atoms with Crippen LogP contribution in [0.2, 0.25) is 0 Å². The maximum atomic E-state index is 12.7. The molecule has 3 aromatic carbocycles. The Morgan fingerprint density at radius 1 is 1.06 bits per heavy atom. The van der Waals surface area contributed by atoms with Crippen molar-refractivity contribution >= 4 is 45.0 Å². The minimum absolute atomic E-state index is 0.0341. The number of ether oxygens (including phenoxy) is 2. The number of para-hydroxylation sites is 3.